The number of nitrogens with one attached hydrogen (secondary N) is 1. The molecule has 2 aromatic rings. The van der Waals surface area contributed by atoms with E-state index in [9.17, 15) is 13.2 Å². The van der Waals surface area contributed by atoms with Gasteiger partial charge in [0.25, 0.3) is 0 Å². The molecule has 1 aliphatic heterocycles. The zero-order valence-electron chi connectivity index (χ0n) is 16.7. The Morgan fingerprint density at radius 2 is 1.90 bits per heavy atom. The molecule has 1 aliphatic rings. The summed E-state index contributed by atoms with van der Waals surface area (Å²) in [6.45, 7) is 1.14. The zero-order chi connectivity index (χ0) is 21.6. The van der Waals surface area contributed by atoms with Gasteiger partial charge in [0.1, 0.15) is 5.75 Å². The van der Waals surface area contributed by atoms with Gasteiger partial charge in [0.15, 0.2) is 0 Å². The number of benzene rings is 2. The van der Waals surface area contributed by atoms with Gasteiger partial charge in [-0.05, 0) is 61.4 Å². The quantitative estimate of drug-likeness (QED) is 0.472. The third-order valence-electron chi connectivity index (χ3n) is 4.94. The number of amides is 1. The maximum Gasteiger partial charge on any atom is 0.243 e. The molecule has 0 bridgehead atoms. The topological polar surface area (TPSA) is 75.7 Å². The molecule has 1 amide bonds. The van der Waals surface area contributed by atoms with Gasteiger partial charge in [-0.25, -0.2) is 8.42 Å². The van der Waals surface area contributed by atoms with Crippen molar-refractivity contribution in [3.05, 3.63) is 53.6 Å². The van der Waals surface area contributed by atoms with Crippen LogP contribution in [0.25, 0.3) is 0 Å². The Morgan fingerprint density at radius 1 is 1.20 bits per heavy atom. The average Bonchev–Trinajstić information content (AvgIpc) is 2.78. The van der Waals surface area contributed by atoms with Gasteiger partial charge in [-0.1, -0.05) is 11.6 Å². The maximum absolute atomic E-state index is 12.9. The van der Waals surface area contributed by atoms with Crippen molar-refractivity contribution < 1.29 is 17.9 Å². The third-order valence-corrected chi connectivity index (χ3v) is 8.08. The minimum absolute atomic E-state index is 0.0960. The molecule has 1 saturated heterocycles. The summed E-state index contributed by atoms with van der Waals surface area (Å²) in [4.78, 5) is 13.9. The first kappa shape index (κ1) is 22.9. The lowest BCUT2D eigenvalue weighted by Gasteiger charge is -2.31. The highest BCUT2D eigenvalue weighted by atomic mass is 35.5. The van der Waals surface area contributed by atoms with Crippen LogP contribution in [0, 0.1) is 5.92 Å². The highest BCUT2D eigenvalue weighted by Crippen LogP contribution is 2.25. The van der Waals surface area contributed by atoms with Crippen molar-refractivity contribution in [1.82, 2.24) is 9.62 Å². The van der Waals surface area contributed by atoms with Crippen molar-refractivity contribution in [3.63, 3.8) is 0 Å². The molecule has 0 radical (unpaired) electrons. The highest BCUT2D eigenvalue weighted by Gasteiger charge is 2.33. The second-order valence-corrected chi connectivity index (χ2v) is 10.5. The monoisotopic (exact) mass is 468 g/mol. The summed E-state index contributed by atoms with van der Waals surface area (Å²) in [5.41, 5.74) is 0. The predicted octanol–water partition coefficient (Wildman–Crippen LogP) is 3.66. The van der Waals surface area contributed by atoms with Crippen LogP contribution < -0.4 is 10.1 Å². The number of thioether (sulfide) groups is 1. The van der Waals surface area contributed by atoms with Crippen molar-refractivity contribution in [1.29, 1.82) is 0 Å². The smallest absolute Gasteiger partial charge is 0.243 e. The number of halogens is 1. The zero-order valence-corrected chi connectivity index (χ0v) is 19.1. The van der Waals surface area contributed by atoms with E-state index in [1.54, 1.807) is 23.9 Å². The third kappa shape index (κ3) is 5.91. The predicted molar refractivity (Wildman–Crippen MR) is 120 cm³/mol. The van der Waals surface area contributed by atoms with Crippen LogP contribution in [0.5, 0.6) is 5.75 Å². The van der Waals surface area contributed by atoms with E-state index >= 15 is 0 Å². The Balaban J connectivity index is 1.51. The summed E-state index contributed by atoms with van der Waals surface area (Å²) in [7, 11) is -2.10. The fourth-order valence-corrected chi connectivity index (χ4v) is 5.71. The lowest BCUT2D eigenvalue weighted by atomic mass is 9.99. The molecule has 6 nitrogen and oxygen atoms in total. The number of piperidine rings is 1. The number of methoxy groups -OCH3 is 1. The number of hydrogen-bond acceptors (Lipinski definition) is 5. The molecular weight excluding hydrogens is 444 g/mol. The largest absolute Gasteiger partial charge is 0.497 e. The van der Waals surface area contributed by atoms with Gasteiger partial charge in [-0.15, -0.1) is 11.8 Å². The van der Waals surface area contributed by atoms with Crippen LogP contribution in [0.4, 0.5) is 0 Å². The van der Waals surface area contributed by atoms with Gasteiger partial charge in [0.05, 0.1) is 17.9 Å². The van der Waals surface area contributed by atoms with E-state index in [4.69, 9.17) is 16.3 Å². The van der Waals surface area contributed by atoms with Gasteiger partial charge in [-0.3, -0.25) is 4.79 Å². The minimum atomic E-state index is -3.64. The van der Waals surface area contributed by atoms with Gasteiger partial charge in [-0.2, -0.15) is 4.31 Å². The average molecular weight is 469 g/mol. The maximum atomic E-state index is 12.9. The SMILES string of the molecule is COc1ccc(S(=O)(=O)N2CCCC(C(=O)NCCSc3ccc(Cl)cc3)C2)cc1. The van der Waals surface area contributed by atoms with E-state index in [0.717, 1.165) is 10.6 Å². The standard InChI is InChI=1S/C21H25ClN2O4S2/c1-28-18-6-10-20(11-7-18)30(26,27)24-13-2-3-16(15-24)21(25)23-12-14-29-19-8-4-17(22)5-9-19/h4-11,16H,2-3,12-15H2,1H3,(H,23,25). The molecule has 0 spiro atoms. The molecule has 1 fully saturated rings. The molecule has 1 unspecified atom stereocenters. The summed E-state index contributed by atoms with van der Waals surface area (Å²) in [5.74, 6) is 0.892. The van der Waals surface area contributed by atoms with Gasteiger partial charge in [0.2, 0.25) is 15.9 Å². The van der Waals surface area contributed by atoms with Crippen LogP contribution >= 0.6 is 23.4 Å². The second-order valence-electron chi connectivity index (χ2n) is 6.97. The Kier molecular flexibility index (Phi) is 8.05. The first-order valence-corrected chi connectivity index (χ1v) is 12.5. The van der Waals surface area contributed by atoms with Gasteiger partial charge < -0.3 is 10.1 Å². The number of rotatable bonds is 8. The summed E-state index contributed by atoms with van der Waals surface area (Å²) in [6, 6.07) is 13.9. The molecule has 2 aromatic carbocycles. The number of carbonyl (C=O) groups is 1. The Labute approximate surface area is 187 Å². The molecule has 1 N–H and O–H groups in total. The highest BCUT2D eigenvalue weighted by molar-refractivity contribution is 7.99. The molecule has 9 heteroatoms. The second kappa shape index (κ2) is 10.5. The summed E-state index contributed by atoms with van der Waals surface area (Å²) in [6.07, 6.45) is 1.35. The van der Waals surface area contributed by atoms with E-state index in [1.165, 1.54) is 23.5 Å². The van der Waals surface area contributed by atoms with Crippen LogP contribution in [0.2, 0.25) is 5.02 Å². The lowest BCUT2D eigenvalue weighted by Crippen LogP contribution is -2.45. The molecular formula is C21H25ClN2O4S2. The van der Waals surface area contributed by atoms with E-state index < -0.39 is 10.0 Å². The van der Waals surface area contributed by atoms with Gasteiger partial charge >= 0.3 is 0 Å². The molecule has 0 saturated carbocycles. The normalized spacial score (nSPS) is 17.5. The number of nitrogens with zero attached hydrogens (tertiary/aromatic N) is 1. The number of sulfonamides is 1. The molecule has 1 heterocycles. The first-order chi connectivity index (χ1) is 14.4. The first-order valence-electron chi connectivity index (χ1n) is 9.70. The number of carbonyl (C=O) groups excluding carboxylic acids is 1. The number of ether oxygens (including phenoxy) is 1. The lowest BCUT2D eigenvalue weighted by molar-refractivity contribution is -0.125. The van der Waals surface area contributed by atoms with Crippen molar-refractivity contribution in [3.8, 4) is 5.75 Å². The van der Waals surface area contributed by atoms with Crippen LogP contribution in [0.1, 0.15) is 12.8 Å². The number of hydrogen-bond donors (Lipinski definition) is 1. The van der Waals surface area contributed by atoms with E-state index in [2.05, 4.69) is 5.32 Å². The van der Waals surface area contributed by atoms with Crippen molar-refractivity contribution in [2.75, 3.05) is 32.5 Å². The van der Waals surface area contributed by atoms with Crippen LogP contribution in [-0.2, 0) is 14.8 Å². The van der Waals surface area contributed by atoms with Gasteiger partial charge in [0, 0.05) is 35.3 Å². The van der Waals surface area contributed by atoms with E-state index in [1.807, 2.05) is 24.3 Å². The fraction of sp³-hybridized carbons (Fsp3) is 0.381. The van der Waals surface area contributed by atoms with Crippen LogP contribution in [0.3, 0.4) is 0 Å². The van der Waals surface area contributed by atoms with E-state index in [0.29, 0.717) is 36.7 Å². The Bertz CT molecular complexity index is 950. The summed E-state index contributed by atoms with van der Waals surface area (Å²) >= 11 is 7.51. The minimum Gasteiger partial charge on any atom is -0.497 e. The molecule has 0 aliphatic carbocycles. The summed E-state index contributed by atoms with van der Waals surface area (Å²) in [5, 5.41) is 3.63. The Morgan fingerprint density at radius 3 is 2.57 bits per heavy atom. The molecule has 162 valence electrons. The van der Waals surface area contributed by atoms with Crippen molar-refractivity contribution in [2.45, 2.75) is 22.6 Å². The molecule has 30 heavy (non-hydrogen) atoms. The summed E-state index contributed by atoms with van der Waals surface area (Å²) < 4.78 is 32.4. The van der Waals surface area contributed by atoms with E-state index in [-0.39, 0.29) is 23.3 Å². The van der Waals surface area contributed by atoms with Crippen molar-refractivity contribution in [2.24, 2.45) is 5.92 Å². The Hall–Kier alpha value is -1.74. The molecule has 0 aromatic heterocycles. The van der Waals surface area contributed by atoms with Crippen LogP contribution in [-0.4, -0.2) is 51.1 Å². The van der Waals surface area contributed by atoms with Crippen molar-refractivity contribution >= 4 is 39.3 Å². The van der Waals surface area contributed by atoms with Crippen LogP contribution in [0.15, 0.2) is 58.3 Å². The fourth-order valence-electron chi connectivity index (χ4n) is 3.29. The molecule has 1 atom stereocenters. The molecule has 3 rings (SSSR count).